The molecule has 2 rings (SSSR count). The largest absolute Gasteiger partial charge is 0.370 e. The van der Waals surface area contributed by atoms with Crippen molar-refractivity contribution in [3.63, 3.8) is 0 Å². The number of nitrogens with zero attached hydrogens (tertiary/aromatic N) is 1. The van der Waals surface area contributed by atoms with E-state index in [1.165, 1.54) is 16.7 Å². The molecule has 1 heterocycles. The fraction of sp³-hybridized carbons (Fsp3) is 0.364. The van der Waals surface area contributed by atoms with Crippen LogP contribution in [0, 0.1) is 13.8 Å². The second kappa shape index (κ2) is 3.33. The second-order valence-electron chi connectivity index (χ2n) is 3.84. The van der Waals surface area contributed by atoms with Gasteiger partial charge in [0, 0.05) is 0 Å². The van der Waals surface area contributed by atoms with Gasteiger partial charge >= 0.3 is 0 Å². The molecule has 1 aromatic carbocycles. The number of guanidine groups is 1. The number of hydrogen-bond donors (Lipinski definition) is 2. The van der Waals surface area contributed by atoms with Crippen molar-refractivity contribution in [3.05, 3.63) is 34.9 Å². The van der Waals surface area contributed by atoms with Crippen LogP contribution in [0.5, 0.6) is 0 Å². The van der Waals surface area contributed by atoms with Crippen LogP contribution in [-0.2, 0) is 0 Å². The Labute approximate surface area is 84.0 Å². The van der Waals surface area contributed by atoms with Gasteiger partial charge in [-0.3, -0.25) is 4.99 Å². The SMILES string of the molecule is Cc1cc(C)cc(C2CN=C(N)N2)c1. The molecule has 0 saturated heterocycles. The van der Waals surface area contributed by atoms with Gasteiger partial charge in [-0.05, 0) is 19.4 Å². The molecule has 74 valence electrons. The summed E-state index contributed by atoms with van der Waals surface area (Å²) in [5.41, 5.74) is 9.42. The molecule has 1 unspecified atom stereocenters. The maximum Gasteiger partial charge on any atom is 0.189 e. The lowest BCUT2D eigenvalue weighted by Gasteiger charge is -2.12. The lowest BCUT2D eigenvalue weighted by molar-refractivity contribution is 0.706. The molecular formula is C11H15N3. The van der Waals surface area contributed by atoms with Crippen LogP contribution in [0.4, 0.5) is 0 Å². The first-order valence-electron chi connectivity index (χ1n) is 4.80. The van der Waals surface area contributed by atoms with E-state index in [2.05, 4.69) is 42.4 Å². The molecular weight excluding hydrogens is 174 g/mol. The fourth-order valence-corrected chi connectivity index (χ4v) is 1.86. The molecule has 0 fully saturated rings. The van der Waals surface area contributed by atoms with Gasteiger partial charge in [-0.25, -0.2) is 0 Å². The summed E-state index contributed by atoms with van der Waals surface area (Å²) in [7, 11) is 0. The van der Waals surface area contributed by atoms with E-state index in [0.717, 1.165) is 6.54 Å². The highest BCUT2D eigenvalue weighted by Crippen LogP contribution is 2.19. The Kier molecular flexibility index (Phi) is 2.15. The molecule has 0 spiro atoms. The third kappa shape index (κ3) is 1.71. The Morgan fingerprint density at radius 1 is 1.29 bits per heavy atom. The van der Waals surface area contributed by atoms with Crippen molar-refractivity contribution in [1.82, 2.24) is 5.32 Å². The summed E-state index contributed by atoms with van der Waals surface area (Å²) in [6, 6.07) is 6.79. The van der Waals surface area contributed by atoms with Crippen molar-refractivity contribution in [1.29, 1.82) is 0 Å². The number of nitrogens with two attached hydrogens (primary N) is 1. The topological polar surface area (TPSA) is 50.4 Å². The third-order valence-electron chi connectivity index (χ3n) is 2.41. The van der Waals surface area contributed by atoms with Crippen molar-refractivity contribution in [3.8, 4) is 0 Å². The number of benzene rings is 1. The van der Waals surface area contributed by atoms with E-state index in [4.69, 9.17) is 5.73 Å². The Balaban J connectivity index is 2.25. The smallest absolute Gasteiger partial charge is 0.189 e. The summed E-state index contributed by atoms with van der Waals surface area (Å²) >= 11 is 0. The van der Waals surface area contributed by atoms with Gasteiger partial charge in [0.25, 0.3) is 0 Å². The summed E-state index contributed by atoms with van der Waals surface area (Å²) in [6.45, 7) is 4.96. The minimum Gasteiger partial charge on any atom is -0.370 e. The highest BCUT2D eigenvalue weighted by molar-refractivity contribution is 5.80. The molecule has 0 saturated carbocycles. The fourth-order valence-electron chi connectivity index (χ4n) is 1.86. The molecule has 1 atom stereocenters. The molecule has 0 aliphatic carbocycles. The van der Waals surface area contributed by atoms with Crippen LogP contribution >= 0.6 is 0 Å². The lowest BCUT2D eigenvalue weighted by atomic mass is 10.0. The third-order valence-corrected chi connectivity index (χ3v) is 2.41. The van der Waals surface area contributed by atoms with Gasteiger partial charge in [0.15, 0.2) is 5.96 Å². The monoisotopic (exact) mass is 189 g/mol. The predicted octanol–water partition coefficient (Wildman–Crippen LogP) is 1.26. The van der Waals surface area contributed by atoms with E-state index < -0.39 is 0 Å². The van der Waals surface area contributed by atoms with E-state index in [-0.39, 0.29) is 6.04 Å². The molecule has 0 radical (unpaired) electrons. The highest BCUT2D eigenvalue weighted by Gasteiger charge is 2.17. The molecule has 0 amide bonds. The molecule has 14 heavy (non-hydrogen) atoms. The average Bonchev–Trinajstić information content (AvgIpc) is 2.50. The summed E-state index contributed by atoms with van der Waals surface area (Å²) in [5, 5.41) is 3.15. The average molecular weight is 189 g/mol. The van der Waals surface area contributed by atoms with Gasteiger partial charge in [0.2, 0.25) is 0 Å². The predicted molar refractivity (Wildman–Crippen MR) is 58.3 cm³/mol. The normalized spacial score (nSPS) is 20.4. The van der Waals surface area contributed by atoms with Crippen molar-refractivity contribution in [2.45, 2.75) is 19.9 Å². The van der Waals surface area contributed by atoms with Crippen molar-refractivity contribution >= 4 is 5.96 Å². The molecule has 0 bridgehead atoms. The first-order valence-corrected chi connectivity index (χ1v) is 4.80. The van der Waals surface area contributed by atoms with Crippen LogP contribution in [0.3, 0.4) is 0 Å². The Bertz CT molecular complexity index is 362. The standard InChI is InChI=1S/C11H15N3/c1-7-3-8(2)5-9(4-7)10-6-13-11(12)14-10/h3-5,10H,6H2,1-2H3,(H3,12,13,14). The van der Waals surface area contributed by atoms with Gasteiger partial charge in [-0.2, -0.15) is 0 Å². The van der Waals surface area contributed by atoms with Gasteiger partial charge in [0.1, 0.15) is 0 Å². The first-order chi connectivity index (χ1) is 6.65. The van der Waals surface area contributed by atoms with Gasteiger partial charge in [0.05, 0.1) is 12.6 Å². The molecule has 1 aliphatic rings. The van der Waals surface area contributed by atoms with Crippen molar-refractivity contribution in [2.24, 2.45) is 10.7 Å². The van der Waals surface area contributed by atoms with E-state index >= 15 is 0 Å². The van der Waals surface area contributed by atoms with E-state index in [0.29, 0.717) is 5.96 Å². The lowest BCUT2D eigenvalue weighted by Crippen LogP contribution is -2.29. The van der Waals surface area contributed by atoms with Crippen LogP contribution in [0.25, 0.3) is 0 Å². The summed E-state index contributed by atoms with van der Waals surface area (Å²) < 4.78 is 0. The molecule has 3 N–H and O–H groups in total. The van der Waals surface area contributed by atoms with E-state index in [9.17, 15) is 0 Å². The van der Waals surface area contributed by atoms with Crippen molar-refractivity contribution in [2.75, 3.05) is 6.54 Å². The zero-order valence-electron chi connectivity index (χ0n) is 8.54. The van der Waals surface area contributed by atoms with Crippen LogP contribution in [0.2, 0.25) is 0 Å². The second-order valence-corrected chi connectivity index (χ2v) is 3.84. The number of aryl methyl sites for hydroxylation is 2. The number of nitrogens with one attached hydrogen (secondary N) is 1. The molecule has 1 aromatic rings. The zero-order valence-corrected chi connectivity index (χ0v) is 8.54. The van der Waals surface area contributed by atoms with Gasteiger partial charge in [-0.1, -0.05) is 29.3 Å². The van der Waals surface area contributed by atoms with Crippen LogP contribution in [-0.4, -0.2) is 12.5 Å². The van der Waals surface area contributed by atoms with Crippen LogP contribution in [0.15, 0.2) is 23.2 Å². The maximum atomic E-state index is 5.58. The molecule has 0 aromatic heterocycles. The van der Waals surface area contributed by atoms with Crippen molar-refractivity contribution < 1.29 is 0 Å². The number of rotatable bonds is 1. The molecule has 1 aliphatic heterocycles. The summed E-state index contributed by atoms with van der Waals surface area (Å²) in [5.74, 6) is 0.550. The first kappa shape index (κ1) is 9.06. The maximum absolute atomic E-state index is 5.58. The number of aliphatic imine (C=N–C) groups is 1. The van der Waals surface area contributed by atoms with Crippen LogP contribution in [0.1, 0.15) is 22.7 Å². The minimum absolute atomic E-state index is 0.258. The van der Waals surface area contributed by atoms with Gasteiger partial charge < -0.3 is 11.1 Å². The van der Waals surface area contributed by atoms with Gasteiger partial charge in [-0.15, -0.1) is 0 Å². The Morgan fingerprint density at radius 2 is 1.93 bits per heavy atom. The highest BCUT2D eigenvalue weighted by atomic mass is 15.2. The zero-order chi connectivity index (χ0) is 10.1. The quantitative estimate of drug-likeness (QED) is 0.698. The van der Waals surface area contributed by atoms with Crippen LogP contribution < -0.4 is 11.1 Å². The van der Waals surface area contributed by atoms with E-state index in [1.807, 2.05) is 0 Å². The number of hydrogen-bond acceptors (Lipinski definition) is 3. The molecule has 3 nitrogen and oxygen atoms in total. The summed E-state index contributed by atoms with van der Waals surface area (Å²) in [6.07, 6.45) is 0. The summed E-state index contributed by atoms with van der Waals surface area (Å²) in [4.78, 5) is 4.14. The Morgan fingerprint density at radius 3 is 2.43 bits per heavy atom. The molecule has 3 heteroatoms. The van der Waals surface area contributed by atoms with E-state index in [1.54, 1.807) is 0 Å². The minimum atomic E-state index is 0.258. The Hall–Kier alpha value is -1.51.